The minimum atomic E-state index is 0.0939. The summed E-state index contributed by atoms with van der Waals surface area (Å²) >= 11 is 3.55. The molecular weight excluding hydrogens is 270 g/mol. The number of halogens is 1. The van der Waals surface area contributed by atoms with Crippen LogP contribution in [0.2, 0.25) is 0 Å². The maximum Gasteiger partial charge on any atom is 0.231 e. The van der Waals surface area contributed by atoms with Crippen molar-refractivity contribution < 1.29 is 9.47 Å². The Morgan fingerprint density at radius 2 is 2.00 bits per heavy atom. The van der Waals surface area contributed by atoms with Gasteiger partial charge in [-0.2, -0.15) is 0 Å². The van der Waals surface area contributed by atoms with E-state index in [0.29, 0.717) is 6.79 Å². The first kappa shape index (κ1) is 10.4. The Balaban J connectivity index is 1.87. The Morgan fingerprint density at radius 3 is 2.69 bits per heavy atom. The van der Waals surface area contributed by atoms with Gasteiger partial charge in [-0.05, 0) is 30.0 Å². The fourth-order valence-electron chi connectivity index (χ4n) is 2.06. The van der Waals surface area contributed by atoms with E-state index in [4.69, 9.17) is 15.2 Å². The molecule has 0 aromatic heterocycles. The number of fused-ring (bicyclic) bond motifs is 1. The van der Waals surface area contributed by atoms with Crippen LogP contribution in [0.3, 0.4) is 0 Å². The maximum absolute atomic E-state index is 6.20. The lowest BCUT2D eigenvalue weighted by atomic mass is 10.0. The first-order chi connectivity index (χ1) is 7.74. The highest BCUT2D eigenvalue weighted by Gasteiger charge is 2.26. The van der Waals surface area contributed by atoms with Gasteiger partial charge in [-0.1, -0.05) is 28.8 Å². The molecule has 2 aliphatic rings. The van der Waals surface area contributed by atoms with Gasteiger partial charge in [0.15, 0.2) is 11.5 Å². The van der Waals surface area contributed by atoms with Gasteiger partial charge in [0.05, 0.1) is 0 Å². The number of rotatable bonds is 3. The van der Waals surface area contributed by atoms with Crippen LogP contribution >= 0.6 is 15.9 Å². The van der Waals surface area contributed by atoms with Crippen molar-refractivity contribution in [2.24, 2.45) is 11.7 Å². The smallest absolute Gasteiger partial charge is 0.231 e. The molecule has 1 atom stereocenters. The summed E-state index contributed by atoms with van der Waals surface area (Å²) < 4.78 is 11.7. The fraction of sp³-hybridized carbons (Fsp3) is 0.500. The molecule has 0 spiro atoms. The fourth-order valence-corrected chi connectivity index (χ4v) is 2.67. The lowest BCUT2D eigenvalue weighted by Gasteiger charge is -2.14. The topological polar surface area (TPSA) is 44.5 Å². The van der Waals surface area contributed by atoms with Crippen molar-refractivity contribution in [2.75, 3.05) is 6.79 Å². The minimum absolute atomic E-state index is 0.0939. The molecule has 0 bridgehead atoms. The van der Waals surface area contributed by atoms with E-state index in [-0.39, 0.29) is 6.04 Å². The van der Waals surface area contributed by atoms with Crippen LogP contribution in [0.4, 0.5) is 0 Å². The Labute approximate surface area is 103 Å². The minimum Gasteiger partial charge on any atom is -0.454 e. The van der Waals surface area contributed by atoms with Crippen LogP contribution in [0.1, 0.15) is 30.9 Å². The van der Waals surface area contributed by atoms with Crippen molar-refractivity contribution in [3.8, 4) is 11.5 Å². The molecule has 1 aromatic carbocycles. The standard InChI is InChI=1S/C12H14BrNO2/c13-9-5-12-11(15-6-16-12)4-8(9)10(14)3-7-1-2-7/h4-5,7,10H,1-3,6,14H2/t10-/m0/s1. The second-order valence-electron chi connectivity index (χ2n) is 4.51. The zero-order chi connectivity index (χ0) is 11.1. The van der Waals surface area contributed by atoms with Crippen molar-refractivity contribution >= 4 is 15.9 Å². The Hall–Kier alpha value is -0.740. The van der Waals surface area contributed by atoms with Crippen molar-refractivity contribution in [3.63, 3.8) is 0 Å². The monoisotopic (exact) mass is 283 g/mol. The Kier molecular flexibility index (Phi) is 2.56. The highest BCUT2D eigenvalue weighted by molar-refractivity contribution is 9.10. The van der Waals surface area contributed by atoms with E-state index in [9.17, 15) is 0 Å². The van der Waals surface area contributed by atoms with Gasteiger partial charge in [0.25, 0.3) is 0 Å². The van der Waals surface area contributed by atoms with Crippen molar-refractivity contribution in [3.05, 3.63) is 22.2 Å². The van der Waals surface area contributed by atoms with Crippen LogP contribution in [0.5, 0.6) is 11.5 Å². The van der Waals surface area contributed by atoms with Crippen LogP contribution in [0.15, 0.2) is 16.6 Å². The van der Waals surface area contributed by atoms with Crippen molar-refractivity contribution in [1.82, 2.24) is 0 Å². The molecule has 16 heavy (non-hydrogen) atoms. The summed E-state index contributed by atoms with van der Waals surface area (Å²) in [4.78, 5) is 0. The molecule has 1 aliphatic carbocycles. The van der Waals surface area contributed by atoms with Crippen LogP contribution in [-0.2, 0) is 0 Å². The Morgan fingerprint density at radius 1 is 1.31 bits per heavy atom. The normalized spacial score (nSPS) is 19.9. The van der Waals surface area contributed by atoms with E-state index < -0.39 is 0 Å². The second kappa shape index (κ2) is 3.93. The summed E-state index contributed by atoms with van der Waals surface area (Å²) in [6.45, 7) is 0.309. The van der Waals surface area contributed by atoms with E-state index in [1.807, 2.05) is 12.1 Å². The molecular formula is C12H14BrNO2. The van der Waals surface area contributed by atoms with Gasteiger partial charge in [-0.15, -0.1) is 0 Å². The molecule has 3 rings (SSSR count). The molecule has 4 heteroatoms. The van der Waals surface area contributed by atoms with Gasteiger partial charge in [0, 0.05) is 10.5 Å². The predicted octanol–water partition coefficient (Wildman–Crippen LogP) is 2.98. The van der Waals surface area contributed by atoms with Gasteiger partial charge >= 0.3 is 0 Å². The summed E-state index contributed by atoms with van der Waals surface area (Å²) in [6.07, 6.45) is 3.73. The largest absolute Gasteiger partial charge is 0.454 e. The maximum atomic E-state index is 6.20. The summed E-state index contributed by atoms with van der Waals surface area (Å²) in [6, 6.07) is 4.04. The third kappa shape index (κ3) is 1.92. The van der Waals surface area contributed by atoms with Gasteiger partial charge in [-0.3, -0.25) is 0 Å². The van der Waals surface area contributed by atoms with Crippen molar-refractivity contribution in [1.29, 1.82) is 0 Å². The summed E-state index contributed by atoms with van der Waals surface area (Å²) in [5, 5.41) is 0. The zero-order valence-corrected chi connectivity index (χ0v) is 10.5. The van der Waals surface area contributed by atoms with Gasteiger partial charge in [0.2, 0.25) is 6.79 Å². The molecule has 1 aliphatic heterocycles. The highest BCUT2D eigenvalue weighted by atomic mass is 79.9. The molecule has 0 unspecified atom stereocenters. The van der Waals surface area contributed by atoms with Gasteiger partial charge in [-0.25, -0.2) is 0 Å². The number of nitrogens with two attached hydrogens (primary N) is 1. The molecule has 2 N–H and O–H groups in total. The molecule has 1 heterocycles. The van der Waals surface area contributed by atoms with E-state index in [2.05, 4.69) is 15.9 Å². The summed E-state index contributed by atoms with van der Waals surface area (Å²) in [5.74, 6) is 2.44. The molecule has 0 radical (unpaired) electrons. The first-order valence-electron chi connectivity index (χ1n) is 5.58. The van der Waals surface area contributed by atoms with Crippen LogP contribution in [0.25, 0.3) is 0 Å². The van der Waals surface area contributed by atoms with Crippen LogP contribution < -0.4 is 15.2 Å². The van der Waals surface area contributed by atoms with E-state index in [1.165, 1.54) is 12.8 Å². The SMILES string of the molecule is N[C@@H](CC1CC1)c1cc2c(cc1Br)OCO2. The third-order valence-electron chi connectivity index (χ3n) is 3.18. The predicted molar refractivity (Wildman–Crippen MR) is 64.5 cm³/mol. The lowest BCUT2D eigenvalue weighted by molar-refractivity contribution is 0.174. The summed E-state index contributed by atoms with van der Waals surface area (Å²) in [7, 11) is 0. The molecule has 1 saturated carbocycles. The summed E-state index contributed by atoms with van der Waals surface area (Å²) in [5.41, 5.74) is 7.33. The molecule has 1 fully saturated rings. The number of hydrogen-bond donors (Lipinski definition) is 1. The molecule has 3 nitrogen and oxygen atoms in total. The van der Waals surface area contributed by atoms with Crippen LogP contribution in [0, 0.1) is 5.92 Å². The average Bonchev–Trinajstić information content (AvgIpc) is 2.94. The van der Waals surface area contributed by atoms with E-state index in [1.54, 1.807) is 0 Å². The van der Waals surface area contributed by atoms with Gasteiger partial charge < -0.3 is 15.2 Å². The van der Waals surface area contributed by atoms with Crippen molar-refractivity contribution in [2.45, 2.75) is 25.3 Å². The quantitative estimate of drug-likeness (QED) is 0.928. The first-order valence-corrected chi connectivity index (χ1v) is 6.38. The Bertz CT molecular complexity index is 418. The lowest BCUT2D eigenvalue weighted by Crippen LogP contribution is -2.11. The van der Waals surface area contributed by atoms with Crippen LogP contribution in [-0.4, -0.2) is 6.79 Å². The second-order valence-corrected chi connectivity index (χ2v) is 5.37. The highest BCUT2D eigenvalue weighted by Crippen LogP contribution is 2.42. The van der Waals surface area contributed by atoms with E-state index in [0.717, 1.165) is 33.9 Å². The third-order valence-corrected chi connectivity index (χ3v) is 3.86. The zero-order valence-electron chi connectivity index (χ0n) is 8.91. The molecule has 86 valence electrons. The average molecular weight is 284 g/mol. The van der Waals surface area contributed by atoms with E-state index >= 15 is 0 Å². The van der Waals surface area contributed by atoms with Gasteiger partial charge in [0.1, 0.15) is 0 Å². The molecule has 0 amide bonds. The number of hydrogen-bond acceptors (Lipinski definition) is 3. The number of ether oxygens (including phenoxy) is 2. The molecule has 1 aromatic rings. The molecule has 0 saturated heterocycles. The number of benzene rings is 1.